The van der Waals surface area contributed by atoms with E-state index in [4.69, 9.17) is 5.73 Å². The average Bonchev–Trinajstić information content (AvgIpc) is 2.58. The number of carbonyl (C=O) groups is 1. The van der Waals surface area contributed by atoms with Gasteiger partial charge < -0.3 is 10.6 Å². The first kappa shape index (κ1) is 17.2. The summed E-state index contributed by atoms with van der Waals surface area (Å²) >= 11 is 0. The lowest BCUT2D eigenvalue weighted by Crippen LogP contribution is -2.37. The van der Waals surface area contributed by atoms with Gasteiger partial charge in [-0.05, 0) is 36.1 Å². The number of amides is 1. The molecule has 0 unspecified atom stereocenters. The van der Waals surface area contributed by atoms with Gasteiger partial charge in [-0.15, -0.1) is 0 Å². The van der Waals surface area contributed by atoms with Crippen LogP contribution in [0, 0.1) is 5.82 Å². The predicted octanol–water partition coefficient (Wildman–Crippen LogP) is 2.79. The lowest BCUT2D eigenvalue weighted by Gasteiger charge is -2.22. The summed E-state index contributed by atoms with van der Waals surface area (Å²) in [6.07, 6.45) is 1.86. The quantitative estimate of drug-likeness (QED) is 0.814. The van der Waals surface area contributed by atoms with Crippen LogP contribution in [-0.2, 0) is 17.6 Å². The van der Waals surface area contributed by atoms with Crippen LogP contribution in [0.25, 0.3) is 0 Å². The van der Waals surface area contributed by atoms with Gasteiger partial charge in [-0.1, -0.05) is 42.5 Å². The number of nitrogens with two attached hydrogens (primary N) is 1. The van der Waals surface area contributed by atoms with E-state index < -0.39 is 0 Å². The Morgan fingerprint density at radius 2 is 1.57 bits per heavy atom. The van der Waals surface area contributed by atoms with Gasteiger partial charge in [0.2, 0.25) is 5.91 Å². The number of hydrogen-bond acceptors (Lipinski definition) is 2. The molecule has 3 nitrogen and oxygen atoms in total. The fraction of sp³-hybridized carbons (Fsp3) is 0.316. The van der Waals surface area contributed by atoms with Gasteiger partial charge in [-0.25, -0.2) is 4.39 Å². The molecule has 0 heterocycles. The number of rotatable bonds is 8. The zero-order chi connectivity index (χ0) is 16.5. The maximum atomic E-state index is 12.9. The third-order valence-electron chi connectivity index (χ3n) is 3.81. The van der Waals surface area contributed by atoms with Crippen LogP contribution in [0.1, 0.15) is 17.5 Å². The first-order chi connectivity index (χ1) is 11.2. The maximum absolute atomic E-state index is 12.9. The van der Waals surface area contributed by atoms with Crippen molar-refractivity contribution in [1.82, 2.24) is 4.90 Å². The van der Waals surface area contributed by atoms with Crippen molar-refractivity contribution >= 4 is 5.91 Å². The molecule has 0 atom stereocenters. The second-order valence-electron chi connectivity index (χ2n) is 5.53. The van der Waals surface area contributed by atoms with Crippen LogP contribution in [0.4, 0.5) is 4.39 Å². The zero-order valence-electron chi connectivity index (χ0n) is 13.2. The van der Waals surface area contributed by atoms with E-state index in [1.54, 1.807) is 12.1 Å². The van der Waals surface area contributed by atoms with Crippen molar-refractivity contribution in [3.63, 3.8) is 0 Å². The Kier molecular flexibility index (Phi) is 6.76. The van der Waals surface area contributed by atoms with E-state index in [0.29, 0.717) is 32.5 Å². The fourth-order valence-corrected chi connectivity index (χ4v) is 2.49. The molecule has 0 fully saturated rings. The van der Waals surface area contributed by atoms with Crippen molar-refractivity contribution in [2.45, 2.75) is 19.3 Å². The number of nitrogens with zero attached hydrogens (tertiary/aromatic N) is 1. The van der Waals surface area contributed by atoms with Crippen molar-refractivity contribution < 1.29 is 9.18 Å². The Bertz CT molecular complexity index is 599. The summed E-state index contributed by atoms with van der Waals surface area (Å²) in [5.41, 5.74) is 7.80. The van der Waals surface area contributed by atoms with Crippen LogP contribution in [0.3, 0.4) is 0 Å². The molecule has 0 bridgehead atoms. The Labute approximate surface area is 136 Å². The Morgan fingerprint density at radius 1 is 0.913 bits per heavy atom. The van der Waals surface area contributed by atoms with Crippen LogP contribution >= 0.6 is 0 Å². The van der Waals surface area contributed by atoms with E-state index in [2.05, 4.69) is 12.1 Å². The molecule has 0 spiro atoms. The maximum Gasteiger partial charge on any atom is 0.222 e. The molecule has 23 heavy (non-hydrogen) atoms. The second kappa shape index (κ2) is 9.06. The van der Waals surface area contributed by atoms with Gasteiger partial charge in [0.05, 0.1) is 0 Å². The topological polar surface area (TPSA) is 46.3 Å². The molecule has 4 heteroatoms. The minimum Gasteiger partial charge on any atom is -0.341 e. The van der Waals surface area contributed by atoms with Crippen LogP contribution in [0.2, 0.25) is 0 Å². The largest absolute Gasteiger partial charge is 0.341 e. The monoisotopic (exact) mass is 314 g/mol. The Balaban J connectivity index is 1.86. The second-order valence-corrected chi connectivity index (χ2v) is 5.53. The standard InChI is InChI=1S/C19H23FN2O/c20-18-9-6-17(7-10-18)8-11-19(23)22(15-13-21)14-12-16-4-2-1-3-5-16/h1-7,9-10H,8,11-15,21H2. The molecule has 2 rings (SSSR count). The van der Waals surface area contributed by atoms with Crippen molar-refractivity contribution in [1.29, 1.82) is 0 Å². The molecule has 0 aliphatic rings. The van der Waals surface area contributed by atoms with Gasteiger partial charge >= 0.3 is 0 Å². The minimum absolute atomic E-state index is 0.0932. The summed E-state index contributed by atoms with van der Waals surface area (Å²) in [4.78, 5) is 14.2. The van der Waals surface area contributed by atoms with Crippen LogP contribution < -0.4 is 5.73 Å². The van der Waals surface area contributed by atoms with Gasteiger partial charge in [0, 0.05) is 26.1 Å². The van der Waals surface area contributed by atoms with E-state index in [1.807, 2.05) is 23.1 Å². The Morgan fingerprint density at radius 3 is 2.22 bits per heavy atom. The highest BCUT2D eigenvalue weighted by molar-refractivity contribution is 5.76. The van der Waals surface area contributed by atoms with Gasteiger partial charge in [-0.2, -0.15) is 0 Å². The molecule has 0 saturated carbocycles. The first-order valence-corrected chi connectivity index (χ1v) is 7.95. The fourth-order valence-electron chi connectivity index (χ4n) is 2.49. The van der Waals surface area contributed by atoms with E-state index in [9.17, 15) is 9.18 Å². The number of hydrogen-bond donors (Lipinski definition) is 1. The molecule has 0 saturated heterocycles. The van der Waals surface area contributed by atoms with Crippen LogP contribution in [0.15, 0.2) is 54.6 Å². The lowest BCUT2D eigenvalue weighted by atomic mass is 10.1. The van der Waals surface area contributed by atoms with Gasteiger partial charge in [-0.3, -0.25) is 4.79 Å². The summed E-state index contributed by atoms with van der Waals surface area (Å²) in [6, 6.07) is 16.4. The van der Waals surface area contributed by atoms with E-state index in [1.165, 1.54) is 17.7 Å². The number of carbonyl (C=O) groups excluding carboxylic acids is 1. The summed E-state index contributed by atoms with van der Waals surface area (Å²) in [7, 11) is 0. The molecule has 0 radical (unpaired) electrons. The van der Waals surface area contributed by atoms with Crippen molar-refractivity contribution in [3.05, 3.63) is 71.5 Å². The molecule has 122 valence electrons. The Hall–Kier alpha value is -2.20. The molecule has 0 aliphatic carbocycles. The van der Waals surface area contributed by atoms with E-state index in [0.717, 1.165) is 12.0 Å². The summed E-state index contributed by atoms with van der Waals surface area (Å²) < 4.78 is 12.9. The van der Waals surface area contributed by atoms with Gasteiger partial charge in [0.1, 0.15) is 5.82 Å². The molecule has 0 aromatic heterocycles. The van der Waals surface area contributed by atoms with Crippen molar-refractivity contribution in [3.8, 4) is 0 Å². The van der Waals surface area contributed by atoms with Gasteiger partial charge in [0.25, 0.3) is 0 Å². The first-order valence-electron chi connectivity index (χ1n) is 7.95. The highest BCUT2D eigenvalue weighted by atomic mass is 19.1. The normalized spacial score (nSPS) is 10.5. The van der Waals surface area contributed by atoms with Crippen LogP contribution in [0.5, 0.6) is 0 Å². The third-order valence-corrected chi connectivity index (χ3v) is 3.81. The minimum atomic E-state index is -0.257. The van der Waals surface area contributed by atoms with Crippen molar-refractivity contribution in [2.75, 3.05) is 19.6 Å². The number of halogens is 1. The summed E-state index contributed by atoms with van der Waals surface area (Å²) in [6.45, 7) is 1.69. The molecule has 2 aromatic carbocycles. The smallest absolute Gasteiger partial charge is 0.222 e. The molecular formula is C19H23FN2O. The highest BCUT2D eigenvalue weighted by Gasteiger charge is 2.12. The molecule has 0 aliphatic heterocycles. The third kappa shape index (κ3) is 5.83. The zero-order valence-corrected chi connectivity index (χ0v) is 13.2. The number of aryl methyl sites for hydroxylation is 1. The van der Waals surface area contributed by atoms with Gasteiger partial charge in [0.15, 0.2) is 0 Å². The van der Waals surface area contributed by atoms with Crippen LogP contribution in [-0.4, -0.2) is 30.4 Å². The summed E-state index contributed by atoms with van der Waals surface area (Å²) in [5.74, 6) is -0.164. The molecule has 1 amide bonds. The molecule has 2 aromatic rings. The molecular weight excluding hydrogens is 291 g/mol. The SMILES string of the molecule is NCCN(CCc1ccccc1)C(=O)CCc1ccc(F)cc1. The molecule has 2 N–H and O–H groups in total. The summed E-state index contributed by atoms with van der Waals surface area (Å²) in [5, 5.41) is 0. The predicted molar refractivity (Wildman–Crippen MR) is 90.5 cm³/mol. The number of benzene rings is 2. The lowest BCUT2D eigenvalue weighted by molar-refractivity contribution is -0.131. The van der Waals surface area contributed by atoms with E-state index in [-0.39, 0.29) is 11.7 Å². The average molecular weight is 314 g/mol. The highest BCUT2D eigenvalue weighted by Crippen LogP contribution is 2.08. The van der Waals surface area contributed by atoms with Crippen molar-refractivity contribution in [2.24, 2.45) is 5.73 Å². The van der Waals surface area contributed by atoms with E-state index >= 15 is 0 Å².